The third-order valence-corrected chi connectivity index (χ3v) is 4.03. The summed E-state index contributed by atoms with van der Waals surface area (Å²) in [5.74, 6) is 3.14. The van der Waals surface area contributed by atoms with Crippen molar-refractivity contribution in [3.05, 3.63) is 52.2 Å². The smallest absolute Gasteiger partial charge is 0.314 e. The summed E-state index contributed by atoms with van der Waals surface area (Å²) in [6, 6.07) is 9.12. The zero-order valence-electron chi connectivity index (χ0n) is 13.2. The van der Waals surface area contributed by atoms with Gasteiger partial charge in [0.25, 0.3) is 0 Å². The third kappa shape index (κ3) is 5.95. The summed E-state index contributed by atoms with van der Waals surface area (Å²) in [7, 11) is 0. The van der Waals surface area contributed by atoms with Gasteiger partial charge in [0.2, 0.25) is 0 Å². The van der Waals surface area contributed by atoms with E-state index in [0.29, 0.717) is 13.0 Å². The molecule has 1 aromatic heterocycles. The van der Waals surface area contributed by atoms with Gasteiger partial charge in [-0.05, 0) is 46.5 Å². The SMILES string of the molecule is C#CCOc1ccc(CCNC(=O)NCC(O)c2ccsc2)cc1. The second-order valence-corrected chi connectivity index (χ2v) is 5.88. The minimum atomic E-state index is -0.683. The minimum absolute atomic E-state index is 0.184. The number of aliphatic hydroxyl groups is 1. The number of benzene rings is 1. The van der Waals surface area contributed by atoms with Crippen molar-refractivity contribution in [1.29, 1.82) is 0 Å². The normalized spacial score (nSPS) is 11.3. The Morgan fingerprint density at radius 1 is 1.29 bits per heavy atom. The summed E-state index contributed by atoms with van der Waals surface area (Å²) in [5, 5.41) is 19.1. The van der Waals surface area contributed by atoms with Gasteiger partial charge in [-0.25, -0.2) is 4.79 Å². The van der Waals surface area contributed by atoms with Crippen LogP contribution in [0.2, 0.25) is 0 Å². The molecular formula is C18H20N2O3S. The summed E-state index contributed by atoms with van der Waals surface area (Å²) in [6.45, 7) is 0.938. The van der Waals surface area contributed by atoms with Crippen molar-refractivity contribution < 1.29 is 14.6 Å². The third-order valence-electron chi connectivity index (χ3n) is 3.33. The van der Waals surface area contributed by atoms with E-state index in [4.69, 9.17) is 11.2 Å². The van der Waals surface area contributed by atoms with Crippen molar-refractivity contribution in [2.24, 2.45) is 0 Å². The molecule has 2 aromatic rings. The first kappa shape index (κ1) is 17.9. The minimum Gasteiger partial charge on any atom is -0.481 e. The second-order valence-electron chi connectivity index (χ2n) is 5.10. The highest BCUT2D eigenvalue weighted by molar-refractivity contribution is 7.07. The van der Waals surface area contributed by atoms with Crippen molar-refractivity contribution in [1.82, 2.24) is 10.6 Å². The van der Waals surface area contributed by atoms with E-state index in [2.05, 4.69) is 16.6 Å². The zero-order valence-corrected chi connectivity index (χ0v) is 14.0. The van der Waals surface area contributed by atoms with Gasteiger partial charge in [0, 0.05) is 13.1 Å². The molecule has 2 rings (SSSR count). The van der Waals surface area contributed by atoms with Gasteiger partial charge < -0.3 is 20.5 Å². The fraction of sp³-hybridized carbons (Fsp3) is 0.278. The van der Waals surface area contributed by atoms with Gasteiger partial charge >= 0.3 is 6.03 Å². The molecule has 1 unspecified atom stereocenters. The van der Waals surface area contributed by atoms with Gasteiger partial charge in [0.15, 0.2) is 0 Å². The van der Waals surface area contributed by atoms with Crippen molar-refractivity contribution >= 4 is 17.4 Å². The maximum absolute atomic E-state index is 11.7. The average molecular weight is 344 g/mol. The maximum atomic E-state index is 11.7. The number of urea groups is 1. The van der Waals surface area contributed by atoms with Crippen LogP contribution in [0.5, 0.6) is 5.75 Å². The average Bonchev–Trinajstić information content (AvgIpc) is 3.13. The number of amides is 2. The highest BCUT2D eigenvalue weighted by atomic mass is 32.1. The number of carbonyl (C=O) groups excluding carboxylic acids is 1. The summed E-state index contributed by atoms with van der Waals surface area (Å²) in [4.78, 5) is 11.7. The Kier molecular flexibility index (Phi) is 7.15. The Labute approximate surface area is 145 Å². The number of thiophene rings is 1. The molecule has 3 N–H and O–H groups in total. The summed E-state index contributed by atoms with van der Waals surface area (Å²) in [6.07, 6.45) is 5.16. The lowest BCUT2D eigenvalue weighted by molar-refractivity contribution is 0.173. The number of nitrogens with one attached hydrogen (secondary N) is 2. The van der Waals surface area contributed by atoms with E-state index in [0.717, 1.165) is 16.9 Å². The Balaban J connectivity index is 1.64. The highest BCUT2D eigenvalue weighted by Crippen LogP contribution is 2.15. The standard InChI is InChI=1S/C18H20N2O3S/c1-2-10-23-16-5-3-14(4-6-16)7-9-19-18(22)20-12-17(21)15-8-11-24-13-15/h1,3-6,8,11,13,17,21H,7,9-10,12H2,(H2,19,20,22). The summed E-state index contributed by atoms with van der Waals surface area (Å²) < 4.78 is 5.30. The van der Waals surface area contributed by atoms with Crippen LogP contribution in [-0.4, -0.2) is 30.8 Å². The number of terminal acetylenes is 1. The molecule has 1 aromatic carbocycles. The van der Waals surface area contributed by atoms with Crippen molar-refractivity contribution in [2.45, 2.75) is 12.5 Å². The number of rotatable bonds is 8. The molecule has 0 aliphatic rings. The molecule has 24 heavy (non-hydrogen) atoms. The Hall–Kier alpha value is -2.49. The molecule has 2 amide bonds. The van der Waals surface area contributed by atoms with E-state index in [9.17, 15) is 9.90 Å². The van der Waals surface area contributed by atoms with Crippen LogP contribution in [0.25, 0.3) is 0 Å². The lowest BCUT2D eigenvalue weighted by Gasteiger charge is -2.11. The van der Waals surface area contributed by atoms with Crippen LogP contribution in [-0.2, 0) is 6.42 Å². The van der Waals surface area contributed by atoms with E-state index in [-0.39, 0.29) is 19.2 Å². The Morgan fingerprint density at radius 2 is 2.08 bits per heavy atom. The molecule has 0 spiro atoms. The molecule has 0 aliphatic carbocycles. The molecule has 0 saturated carbocycles. The molecule has 5 nitrogen and oxygen atoms in total. The molecule has 0 radical (unpaired) electrons. The van der Waals surface area contributed by atoms with E-state index >= 15 is 0 Å². The van der Waals surface area contributed by atoms with Gasteiger partial charge in [0.05, 0.1) is 6.10 Å². The van der Waals surface area contributed by atoms with Crippen LogP contribution in [0, 0.1) is 12.3 Å². The number of ether oxygens (including phenoxy) is 1. The molecule has 0 bridgehead atoms. The first-order chi connectivity index (χ1) is 11.7. The molecule has 126 valence electrons. The maximum Gasteiger partial charge on any atom is 0.314 e. The monoisotopic (exact) mass is 344 g/mol. The Morgan fingerprint density at radius 3 is 2.75 bits per heavy atom. The number of hydrogen-bond donors (Lipinski definition) is 3. The molecule has 0 saturated heterocycles. The van der Waals surface area contributed by atoms with Crippen LogP contribution < -0.4 is 15.4 Å². The number of aliphatic hydroxyl groups excluding tert-OH is 1. The fourth-order valence-corrected chi connectivity index (χ4v) is 2.74. The number of hydrogen-bond acceptors (Lipinski definition) is 4. The van der Waals surface area contributed by atoms with Crippen LogP contribution in [0.4, 0.5) is 4.79 Å². The quantitative estimate of drug-likeness (QED) is 0.644. The van der Waals surface area contributed by atoms with Crippen LogP contribution >= 0.6 is 11.3 Å². The van der Waals surface area contributed by atoms with E-state index in [1.54, 1.807) is 0 Å². The molecule has 0 fully saturated rings. The number of carbonyl (C=O) groups is 1. The van der Waals surface area contributed by atoms with Crippen molar-refractivity contribution in [3.63, 3.8) is 0 Å². The molecule has 0 aliphatic heterocycles. The fourth-order valence-electron chi connectivity index (χ4n) is 2.03. The molecule has 1 atom stereocenters. The predicted octanol–water partition coefficient (Wildman–Crippen LogP) is 2.34. The van der Waals surface area contributed by atoms with Gasteiger partial charge in [-0.1, -0.05) is 18.1 Å². The molecule has 6 heteroatoms. The summed E-state index contributed by atoms with van der Waals surface area (Å²) >= 11 is 1.51. The van der Waals surface area contributed by atoms with Gasteiger partial charge in [-0.3, -0.25) is 0 Å². The van der Waals surface area contributed by atoms with Crippen molar-refractivity contribution in [3.8, 4) is 18.1 Å². The Bertz CT molecular complexity index is 663. The first-order valence-electron chi connectivity index (χ1n) is 7.56. The summed E-state index contributed by atoms with van der Waals surface area (Å²) in [5.41, 5.74) is 1.90. The van der Waals surface area contributed by atoms with E-state index in [1.165, 1.54) is 11.3 Å². The first-order valence-corrected chi connectivity index (χ1v) is 8.50. The van der Waals surface area contributed by atoms with Gasteiger partial charge in [-0.2, -0.15) is 11.3 Å². The van der Waals surface area contributed by atoms with Gasteiger partial charge in [-0.15, -0.1) is 6.42 Å². The van der Waals surface area contributed by atoms with Crippen LogP contribution in [0.15, 0.2) is 41.1 Å². The zero-order chi connectivity index (χ0) is 17.2. The second kappa shape index (κ2) is 9.60. The lowest BCUT2D eigenvalue weighted by Crippen LogP contribution is -2.38. The van der Waals surface area contributed by atoms with Crippen LogP contribution in [0.3, 0.4) is 0 Å². The van der Waals surface area contributed by atoms with E-state index in [1.807, 2.05) is 41.1 Å². The topological polar surface area (TPSA) is 70.6 Å². The lowest BCUT2D eigenvalue weighted by atomic mass is 10.1. The molecular weight excluding hydrogens is 324 g/mol. The van der Waals surface area contributed by atoms with Crippen molar-refractivity contribution in [2.75, 3.05) is 19.7 Å². The largest absolute Gasteiger partial charge is 0.481 e. The predicted molar refractivity (Wildman–Crippen MR) is 95.2 cm³/mol. The molecule has 1 heterocycles. The van der Waals surface area contributed by atoms with Crippen LogP contribution in [0.1, 0.15) is 17.2 Å². The van der Waals surface area contributed by atoms with E-state index < -0.39 is 6.10 Å². The van der Waals surface area contributed by atoms with Gasteiger partial charge in [0.1, 0.15) is 12.4 Å². The highest BCUT2D eigenvalue weighted by Gasteiger charge is 2.09.